The second kappa shape index (κ2) is 8.44. The van der Waals surface area contributed by atoms with Crippen LogP contribution in [0.3, 0.4) is 0 Å². The Morgan fingerprint density at radius 1 is 1.23 bits per heavy atom. The zero-order chi connectivity index (χ0) is 18.5. The molecule has 138 valence electrons. The van der Waals surface area contributed by atoms with Gasteiger partial charge < -0.3 is 10.1 Å². The number of benzene rings is 2. The highest BCUT2D eigenvalue weighted by molar-refractivity contribution is 6.33. The van der Waals surface area contributed by atoms with E-state index in [1.165, 1.54) is 24.3 Å². The topological polar surface area (TPSA) is 67.6 Å². The number of hydrogen-bond donors (Lipinski definition) is 1. The molecular formula is C18H19ClFN3O3. The summed E-state index contributed by atoms with van der Waals surface area (Å²) in [5, 5.41) is 14.4. The van der Waals surface area contributed by atoms with Gasteiger partial charge in [0.2, 0.25) is 0 Å². The number of rotatable bonds is 6. The third-order valence-electron chi connectivity index (χ3n) is 4.39. The van der Waals surface area contributed by atoms with Crippen molar-refractivity contribution in [2.24, 2.45) is 0 Å². The summed E-state index contributed by atoms with van der Waals surface area (Å²) in [5.74, 6) is -0.277. The Morgan fingerprint density at radius 3 is 2.54 bits per heavy atom. The first kappa shape index (κ1) is 18.6. The minimum atomic E-state index is -0.481. The van der Waals surface area contributed by atoms with Gasteiger partial charge in [-0.3, -0.25) is 15.0 Å². The number of nitrogens with one attached hydrogen (secondary N) is 1. The Balaban J connectivity index is 1.77. The van der Waals surface area contributed by atoms with Crippen molar-refractivity contribution >= 4 is 23.0 Å². The van der Waals surface area contributed by atoms with Crippen LogP contribution in [0.5, 0.6) is 0 Å². The molecule has 1 N–H and O–H groups in total. The van der Waals surface area contributed by atoms with Crippen molar-refractivity contribution in [3.63, 3.8) is 0 Å². The Bertz CT molecular complexity index is 767. The van der Waals surface area contributed by atoms with Crippen LogP contribution < -0.4 is 5.32 Å². The molecule has 6 nitrogen and oxygen atoms in total. The number of hydrogen-bond acceptors (Lipinski definition) is 5. The Kier molecular flexibility index (Phi) is 6.03. The van der Waals surface area contributed by atoms with Crippen LogP contribution >= 0.6 is 11.6 Å². The average molecular weight is 380 g/mol. The molecule has 2 aromatic rings. The number of nitro benzene ring substituents is 1. The molecule has 3 rings (SSSR count). The minimum Gasteiger partial charge on any atom is -0.382 e. The number of anilines is 1. The first-order chi connectivity index (χ1) is 12.5. The zero-order valence-electron chi connectivity index (χ0n) is 14.0. The van der Waals surface area contributed by atoms with E-state index in [-0.39, 0.29) is 17.5 Å². The SMILES string of the molecule is O=[N+]([O-])c1ccc(NCC(c2ccc(F)cc2)N2CCOCC2)c(Cl)c1. The van der Waals surface area contributed by atoms with Crippen LogP contribution in [-0.4, -0.2) is 42.7 Å². The molecule has 0 amide bonds. The Morgan fingerprint density at radius 2 is 1.92 bits per heavy atom. The first-order valence-electron chi connectivity index (χ1n) is 8.29. The molecule has 0 radical (unpaired) electrons. The van der Waals surface area contributed by atoms with Crippen LogP contribution in [0.25, 0.3) is 0 Å². The number of non-ortho nitro benzene ring substituents is 1. The van der Waals surface area contributed by atoms with Crippen LogP contribution in [0.15, 0.2) is 42.5 Å². The molecule has 1 unspecified atom stereocenters. The van der Waals surface area contributed by atoms with Crippen molar-refractivity contribution in [1.82, 2.24) is 4.90 Å². The third kappa shape index (κ3) is 4.49. The maximum atomic E-state index is 13.3. The Hall–Kier alpha value is -2.22. The number of ether oxygens (including phenoxy) is 1. The zero-order valence-corrected chi connectivity index (χ0v) is 14.8. The smallest absolute Gasteiger partial charge is 0.271 e. The molecule has 1 saturated heterocycles. The van der Waals surface area contributed by atoms with Gasteiger partial charge in [0.1, 0.15) is 5.82 Å². The molecule has 1 fully saturated rings. The fraction of sp³-hybridized carbons (Fsp3) is 0.333. The summed E-state index contributed by atoms with van der Waals surface area (Å²) in [7, 11) is 0. The predicted molar refractivity (Wildman–Crippen MR) is 98.1 cm³/mol. The van der Waals surface area contributed by atoms with Crippen molar-refractivity contribution in [3.05, 3.63) is 69.0 Å². The van der Waals surface area contributed by atoms with Crippen LogP contribution in [0.4, 0.5) is 15.8 Å². The second-order valence-electron chi connectivity index (χ2n) is 6.02. The van der Waals surface area contributed by atoms with Gasteiger partial charge in [-0.15, -0.1) is 0 Å². The van der Waals surface area contributed by atoms with Gasteiger partial charge in [0.25, 0.3) is 5.69 Å². The number of nitrogens with zero attached hydrogens (tertiary/aromatic N) is 2. The lowest BCUT2D eigenvalue weighted by atomic mass is 10.0. The summed E-state index contributed by atoms with van der Waals surface area (Å²) in [4.78, 5) is 12.6. The summed E-state index contributed by atoms with van der Waals surface area (Å²) in [5.41, 5.74) is 1.56. The van der Waals surface area contributed by atoms with Gasteiger partial charge in [0.15, 0.2) is 0 Å². The monoisotopic (exact) mass is 379 g/mol. The molecule has 8 heteroatoms. The van der Waals surface area contributed by atoms with Crippen molar-refractivity contribution in [1.29, 1.82) is 0 Å². The second-order valence-corrected chi connectivity index (χ2v) is 6.43. The van der Waals surface area contributed by atoms with E-state index in [9.17, 15) is 14.5 Å². The quantitative estimate of drug-likeness (QED) is 0.609. The summed E-state index contributed by atoms with van der Waals surface area (Å²) < 4.78 is 18.7. The highest BCUT2D eigenvalue weighted by atomic mass is 35.5. The summed E-state index contributed by atoms with van der Waals surface area (Å²) >= 11 is 6.16. The first-order valence-corrected chi connectivity index (χ1v) is 8.67. The maximum absolute atomic E-state index is 13.3. The van der Waals surface area contributed by atoms with E-state index in [1.54, 1.807) is 18.2 Å². The van der Waals surface area contributed by atoms with Gasteiger partial charge >= 0.3 is 0 Å². The maximum Gasteiger partial charge on any atom is 0.271 e. The van der Waals surface area contributed by atoms with E-state index in [1.807, 2.05) is 0 Å². The van der Waals surface area contributed by atoms with Crippen LogP contribution in [0, 0.1) is 15.9 Å². The average Bonchev–Trinajstić information content (AvgIpc) is 2.65. The number of nitro groups is 1. The van der Waals surface area contributed by atoms with E-state index < -0.39 is 4.92 Å². The van der Waals surface area contributed by atoms with Crippen molar-refractivity contribution < 1.29 is 14.1 Å². The van der Waals surface area contributed by atoms with Crippen LogP contribution in [0.1, 0.15) is 11.6 Å². The lowest BCUT2D eigenvalue weighted by Crippen LogP contribution is -2.41. The number of halogens is 2. The summed E-state index contributed by atoms with van der Waals surface area (Å²) in [6.45, 7) is 3.38. The predicted octanol–water partition coefficient (Wildman–Crippen LogP) is 3.87. The molecule has 0 aliphatic carbocycles. The van der Waals surface area contributed by atoms with E-state index in [2.05, 4.69) is 10.2 Å². The molecule has 0 aromatic heterocycles. The minimum absolute atomic E-state index is 0.00533. The summed E-state index contributed by atoms with van der Waals surface area (Å²) in [6, 6.07) is 10.8. The lowest BCUT2D eigenvalue weighted by Gasteiger charge is -2.35. The standard InChI is InChI=1S/C18H19ClFN3O3/c19-16-11-15(23(24)25)5-6-17(16)21-12-18(22-7-9-26-10-8-22)13-1-3-14(20)4-2-13/h1-6,11,18,21H,7-10,12H2. The van der Waals surface area contributed by atoms with Crippen LogP contribution in [-0.2, 0) is 4.74 Å². The van der Waals surface area contributed by atoms with Crippen molar-refractivity contribution in [2.75, 3.05) is 38.2 Å². The summed E-state index contributed by atoms with van der Waals surface area (Å²) in [6.07, 6.45) is 0. The van der Waals surface area contributed by atoms with Gasteiger partial charge in [-0.1, -0.05) is 23.7 Å². The molecule has 1 heterocycles. The molecule has 2 aromatic carbocycles. The van der Waals surface area contributed by atoms with Gasteiger partial charge in [-0.2, -0.15) is 0 Å². The van der Waals surface area contributed by atoms with Gasteiger partial charge in [-0.25, -0.2) is 4.39 Å². The molecule has 0 saturated carbocycles. The molecule has 1 aliphatic rings. The van der Waals surface area contributed by atoms with Gasteiger partial charge in [0.05, 0.1) is 34.9 Å². The van der Waals surface area contributed by atoms with Gasteiger partial charge in [-0.05, 0) is 23.8 Å². The van der Waals surface area contributed by atoms with Crippen LogP contribution in [0.2, 0.25) is 5.02 Å². The third-order valence-corrected chi connectivity index (χ3v) is 4.70. The molecule has 0 bridgehead atoms. The van der Waals surface area contributed by atoms with E-state index in [0.717, 1.165) is 18.7 Å². The Labute approximate surface area is 155 Å². The fourth-order valence-corrected chi connectivity index (χ4v) is 3.24. The molecule has 0 spiro atoms. The van der Waals surface area contributed by atoms with Gasteiger partial charge in [0, 0.05) is 31.8 Å². The normalized spacial score (nSPS) is 16.2. The largest absolute Gasteiger partial charge is 0.382 e. The van der Waals surface area contributed by atoms with E-state index in [0.29, 0.717) is 30.5 Å². The highest BCUT2D eigenvalue weighted by Crippen LogP contribution is 2.29. The van der Waals surface area contributed by atoms with E-state index >= 15 is 0 Å². The molecule has 1 atom stereocenters. The van der Waals surface area contributed by atoms with E-state index in [4.69, 9.17) is 16.3 Å². The lowest BCUT2D eigenvalue weighted by molar-refractivity contribution is -0.384. The molecular weight excluding hydrogens is 361 g/mol. The van der Waals surface area contributed by atoms with Crippen molar-refractivity contribution in [3.8, 4) is 0 Å². The number of morpholine rings is 1. The molecule has 26 heavy (non-hydrogen) atoms. The molecule has 1 aliphatic heterocycles. The fourth-order valence-electron chi connectivity index (χ4n) is 3.00. The van der Waals surface area contributed by atoms with Crippen molar-refractivity contribution in [2.45, 2.75) is 6.04 Å². The highest BCUT2D eigenvalue weighted by Gasteiger charge is 2.23.